The number of fused-ring (bicyclic) bond motifs is 3. The molecule has 0 radical (unpaired) electrons. The van der Waals surface area contributed by atoms with E-state index in [1.165, 1.54) is 0 Å². The maximum absolute atomic E-state index is 13.2. The van der Waals surface area contributed by atoms with Crippen molar-refractivity contribution in [1.29, 1.82) is 0 Å². The molecule has 1 aromatic heterocycles. The summed E-state index contributed by atoms with van der Waals surface area (Å²) in [4.78, 5) is 15.3. The molecule has 0 saturated heterocycles. The minimum atomic E-state index is -0.152. The van der Waals surface area contributed by atoms with E-state index in [2.05, 4.69) is 4.90 Å². The van der Waals surface area contributed by atoms with Gasteiger partial charge in [0.25, 0.3) is 0 Å². The molecule has 0 bridgehead atoms. The molecule has 2 aliphatic heterocycles. The molecule has 7 nitrogen and oxygen atoms in total. The van der Waals surface area contributed by atoms with Crippen LogP contribution in [0.25, 0.3) is 6.08 Å². The number of Topliss-reactive ketones (excluding diaryl/α,β-unsaturated/α-hetero) is 1. The zero-order valence-corrected chi connectivity index (χ0v) is 18.1. The number of hydrogen-bond donors (Lipinski definition) is 0. The van der Waals surface area contributed by atoms with E-state index in [1.54, 1.807) is 32.6 Å². The summed E-state index contributed by atoms with van der Waals surface area (Å²) in [7, 11) is 3.17. The maximum Gasteiger partial charge on any atom is 0.232 e. The van der Waals surface area contributed by atoms with Crippen molar-refractivity contribution < 1.29 is 28.2 Å². The molecule has 7 heteroatoms. The number of hydrogen-bond acceptors (Lipinski definition) is 7. The topological polar surface area (TPSA) is 70.4 Å². The largest absolute Gasteiger partial charge is 0.497 e. The van der Waals surface area contributed by atoms with Crippen LogP contribution in [0.1, 0.15) is 32.8 Å². The van der Waals surface area contributed by atoms with Gasteiger partial charge >= 0.3 is 0 Å². The summed E-state index contributed by atoms with van der Waals surface area (Å²) in [5.41, 5.74) is 2.99. The number of furan rings is 1. The highest BCUT2D eigenvalue weighted by Crippen LogP contribution is 2.44. The van der Waals surface area contributed by atoms with Gasteiger partial charge in [0.1, 0.15) is 35.5 Å². The highest BCUT2D eigenvalue weighted by Gasteiger charge is 2.35. The van der Waals surface area contributed by atoms with Gasteiger partial charge in [-0.15, -0.1) is 0 Å². The first kappa shape index (κ1) is 20.2. The summed E-state index contributed by atoms with van der Waals surface area (Å²) >= 11 is 0. The molecule has 0 amide bonds. The van der Waals surface area contributed by atoms with Gasteiger partial charge in [0, 0.05) is 18.2 Å². The van der Waals surface area contributed by atoms with Gasteiger partial charge in [-0.1, -0.05) is 0 Å². The van der Waals surface area contributed by atoms with Gasteiger partial charge < -0.3 is 23.4 Å². The number of rotatable bonds is 5. The fraction of sp³-hybridized carbons (Fsp3) is 0.240. The average molecular weight is 433 g/mol. The molecule has 2 aromatic carbocycles. The molecule has 0 saturated carbocycles. The molecule has 2 aliphatic rings. The number of ether oxygens (including phenoxy) is 4. The zero-order chi connectivity index (χ0) is 22.2. The SMILES string of the molecule is COc1ccc(/C=C2\Oc3c4c(cc(C)c3C2=O)OCN(Cc2ccco2)C4)c(OC)c1. The van der Waals surface area contributed by atoms with Crippen LogP contribution in [0.3, 0.4) is 0 Å². The lowest BCUT2D eigenvalue weighted by molar-refractivity contribution is 0.0809. The maximum atomic E-state index is 13.2. The van der Waals surface area contributed by atoms with Crippen molar-refractivity contribution in [2.24, 2.45) is 0 Å². The lowest BCUT2D eigenvalue weighted by atomic mass is 9.98. The number of ketones is 1. The second kappa shape index (κ2) is 8.09. The van der Waals surface area contributed by atoms with Crippen molar-refractivity contribution in [3.8, 4) is 23.0 Å². The minimum absolute atomic E-state index is 0.152. The van der Waals surface area contributed by atoms with E-state index in [0.29, 0.717) is 42.6 Å². The molecule has 0 fully saturated rings. The minimum Gasteiger partial charge on any atom is -0.497 e. The fourth-order valence-electron chi connectivity index (χ4n) is 4.08. The van der Waals surface area contributed by atoms with Gasteiger partial charge in [-0.25, -0.2) is 0 Å². The van der Waals surface area contributed by atoms with Crippen molar-refractivity contribution in [1.82, 2.24) is 4.90 Å². The lowest BCUT2D eigenvalue weighted by Gasteiger charge is -2.29. The summed E-state index contributed by atoms with van der Waals surface area (Å²) in [6.07, 6.45) is 3.36. The van der Waals surface area contributed by atoms with E-state index in [1.807, 2.05) is 37.3 Å². The summed E-state index contributed by atoms with van der Waals surface area (Å²) in [6.45, 7) is 3.53. The Morgan fingerprint density at radius 3 is 2.78 bits per heavy atom. The smallest absolute Gasteiger partial charge is 0.232 e. The lowest BCUT2D eigenvalue weighted by Crippen LogP contribution is -2.31. The molecular formula is C25H23NO6. The summed E-state index contributed by atoms with van der Waals surface area (Å²) in [6, 6.07) is 11.1. The van der Waals surface area contributed by atoms with Crippen LogP contribution in [-0.2, 0) is 13.1 Å². The Hall–Kier alpha value is -3.71. The van der Waals surface area contributed by atoms with Gasteiger partial charge in [-0.2, -0.15) is 0 Å². The molecule has 0 spiro atoms. The number of carbonyl (C=O) groups is 1. The third-order valence-corrected chi connectivity index (χ3v) is 5.67. The molecule has 0 atom stereocenters. The second-order valence-corrected chi connectivity index (χ2v) is 7.76. The first-order valence-electron chi connectivity index (χ1n) is 10.3. The van der Waals surface area contributed by atoms with E-state index in [-0.39, 0.29) is 11.5 Å². The Balaban J connectivity index is 1.49. The molecular weight excluding hydrogens is 410 g/mol. The summed E-state index contributed by atoms with van der Waals surface area (Å²) in [5, 5.41) is 0. The Labute approximate surface area is 185 Å². The Morgan fingerprint density at radius 1 is 1.16 bits per heavy atom. The van der Waals surface area contributed by atoms with Crippen LogP contribution >= 0.6 is 0 Å². The Bertz CT molecular complexity index is 1210. The van der Waals surface area contributed by atoms with Crippen molar-refractivity contribution in [3.05, 3.63) is 76.4 Å². The van der Waals surface area contributed by atoms with Crippen molar-refractivity contribution in [2.75, 3.05) is 21.0 Å². The van der Waals surface area contributed by atoms with E-state index in [9.17, 15) is 4.79 Å². The number of aryl methyl sites for hydroxylation is 1. The molecule has 164 valence electrons. The standard InChI is InChI=1S/C25H23NO6/c1-15-9-21-19(13-26(14-31-21)12-18-5-4-8-30-18)25-23(15)24(27)22(32-25)10-16-6-7-17(28-2)11-20(16)29-3/h4-11H,12-14H2,1-3H3/b22-10-. The normalized spacial score (nSPS) is 16.3. The predicted octanol–water partition coefficient (Wildman–Crippen LogP) is 4.57. The monoisotopic (exact) mass is 433 g/mol. The van der Waals surface area contributed by atoms with Crippen LogP contribution in [0.4, 0.5) is 0 Å². The predicted molar refractivity (Wildman–Crippen MR) is 117 cm³/mol. The first-order valence-corrected chi connectivity index (χ1v) is 10.3. The van der Waals surface area contributed by atoms with E-state index in [4.69, 9.17) is 23.4 Å². The van der Waals surface area contributed by atoms with Crippen molar-refractivity contribution in [3.63, 3.8) is 0 Å². The quantitative estimate of drug-likeness (QED) is 0.546. The zero-order valence-electron chi connectivity index (χ0n) is 18.1. The summed E-state index contributed by atoms with van der Waals surface area (Å²) < 4.78 is 28.3. The Morgan fingerprint density at radius 2 is 2.03 bits per heavy atom. The highest BCUT2D eigenvalue weighted by atomic mass is 16.5. The van der Waals surface area contributed by atoms with Gasteiger partial charge in [0.15, 0.2) is 5.76 Å². The van der Waals surface area contributed by atoms with E-state index in [0.717, 1.165) is 28.2 Å². The number of carbonyl (C=O) groups excluding carboxylic acids is 1. The van der Waals surface area contributed by atoms with E-state index < -0.39 is 0 Å². The molecule has 0 unspecified atom stereocenters. The van der Waals surface area contributed by atoms with E-state index >= 15 is 0 Å². The van der Waals surface area contributed by atoms with Gasteiger partial charge in [-0.05, 0) is 48.9 Å². The molecule has 32 heavy (non-hydrogen) atoms. The van der Waals surface area contributed by atoms with Crippen LogP contribution in [0.15, 0.2) is 52.8 Å². The second-order valence-electron chi connectivity index (χ2n) is 7.76. The number of benzene rings is 2. The van der Waals surface area contributed by atoms with Gasteiger partial charge in [0.2, 0.25) is 5.78 Å². The van der Waals surface area contributed by atoms with Crippen LogP contribution in [0.2, 0.25) is 0 Å². The fourth-order valence-corrected chi connectivity index (χ4v) is 4.08. The number of nitrogens with zero attached hydrogens (tertiary/aromatic N) is 1. The first-order chi connectivity index (χ1) is 15.6. The third-order valence-electron chi connectivity index (χ3n) is 5.67. The van der Waals surface area contributed by atoms with Crippen molar-refractivity contribution >= 4 is 11.9 Å². The average Bonchev–Trinajstić information content (AvgIpc) is 3.43. The van der Waals surface area contributed by atoms with Crippen LogP contribution in [0, 0.1) is 6.92 Å². The number of allylic oxidation sites excluding steroid dienone is 1. The summed E-state index contributed by atoms with van der Waals surface area (Å²) in [5.74, 6) is 3.52. The van der Waals surface area contributed by atoms with Crippen LogP contribution < -0.4 is 18.9 Å². The number of methoxy groups -OCH3 is 2. The highest BCUT2D eigenvalue weighted by molar-refractivity contribution is 6.16. The molecule has 3 aromatic rings. The molecule has 0 N–H and O–H groups in total. The molecule has 5 rings (SSSR count). The molecule has 0 aliphatic carbocycles. The van der Waals surface area contributed by atoms with Gasteiger partial charge in [-0.3, -0.25) is 9.69 Å². The van der Waals surface area contributed by atoms with Crippen molar-refractivity contribution in [2.45, 2.75) is 20.0 Å². The van der Waals surface area contributed by atoms with Crippen LogP contribution in [-0.4, -0.2) is 31.6 Å². The third kappa shape index (κ3) is 3.50. The van der Waals surface area contributed by atoms with Crippen LogP contribution in [0.5, 0.6) is 23.0 Å². The Kier molecular flexibility index (Phi) is 5.11. The van der Waals surface area contributed by atoms with Gasteiger partial charge in [0.05, 0.1) is 38.2 Å². The molecule has 3 heterocycles.